The number of hydrogen-bond acceptors (Lipinski definition) is 2. The van der Waals surface area contributed by atoms with Crippen LogP contribution in [-0.2, 0) is 6.54 Å². The molecule has 0 aliphatic rings. The van der Waals surface area contributed by atoms with E-state index in [1.165, 1.54) is 17.3 Å². The van der Waals surface area contributed by atoms with Crippen LogP contribution in [0, 0.1) is 0 Å². The fourth-order valence-electron chi connectivity index (χ4n) is 2.01. The molecule has 1 aromatic carbocycles. The van der Waals surface area contributed by atoms with Crippen molar-refractivity contribution in [2.75, 3.05) is 0 Å². The summed E-state index contributed by atoms with van der Waals surface area (Å²) >= 11 is 0. The number of hydrogen-bond donors (Lipinski definition) is 1. The van der Waals surface area contributed by atoms with Crippen molar-refractivity contribution in [3.8, 4) is 0 Å². The van der Waals surface area contributed by atoms with E-state index in [2.05, 4.69) is 43.3 Å². The minimum Gasteiger partial charge on any atom is -0.411 e. The van der Waals surface area contributed by atoms with Gasteiger partial charge in [-0.2, -0.15) is 4.57 Å². The van der Waals surface area contributed by atoms with Gasteiger partial charge in [-0.15, -0.1) is 0 Å². The Morgan fingerprint density at radius 1 is 1.16 bits per heavy atom. The molecule has 0 saturated heterocycles. The monoisotopic (exact) mass is 255 g/mol. The maximum atomic E-state index is 8.66. The highest BCUT2D eigenvalue weighted by Crippen LogP contribution is 2.14. The Morgan fingerprint density at radius 2 is 1.89 bits per heavy atom. The first kappa shape index (κ1) is 13.3. The maximum Gasteiger partial charge on any atom is 0.227 e. The molecule has 0 aliphatic heterocycles. The van der Waals surface area contributed by atoms with E-state index in [9.17, 15) is 0 Å². The average Bonchev–Trinajstić information content (AvgIpc) is 2.42. The summed E-state index contributed by atoms with van der Waals surface area (Å²) < 4.78 is 2.05. The molecule has 0 spiro atoms. The minimum atomic E-state index is 0.551. The van der Waals surface area contributed by atoms with Crippen LogP contribution in [0.3, 0.4) is 0 Å². The molecule has 2 aromatic rings. The largest absolute Gasteiger partial charge is 0.411 e. The van der Waals surface area contributed by atoms with Crippen LogP contribution in [0.25, 0.3) is 0 Å². The Balaban J connectivity index is 2.21. The van der Waals surface area contributed by atoms with Crippen LogP contribution >= 0.6 is 0 Å². The predicted molar refractivity (Wildman–Crippen MR) is 75.7 cm³/mol. The second kappa shape index (κ2) is 6.14. The van der Waals surface area contributed by atoms with Gasteiger partial charge >= 0.3 is 0 Å². The first-order valence-electron chi connectivity index (χ1n) is 6.45. The zero-order valence-corrected chi connectivity index (χ0v) is 11.3. The summed E-state index contributed by atoms with van der Waals surface area (Å²) in [6, 6.07) is 14.5. The molecule has 98 valence electrons. The summed E-state index contributed by atoms with van der Waals surface area (Å²) in [7, 11) is 0. The maximum absolute atomic E-state index is 8.66. The van der Waals surface area contributed by atoms with Gasteiger partial charge in [0.15, 0.2) is 12.7 Å². The fraction of sp³-hybridized carbons (Fsp3) is 0.250. The molecule has 0 aliphatic carbocycles. The molecule has 19 heavy (non-hydrogen) atoms. The highest BCUT2D eigenvalue weighted by Gasteiger charge is 2.08. The normalized spacial score (nSPS) is 11.3. The van der Waals surface area contributed by atoms with Gasteiger partial charge in [0.25, 0.3) is 0 Å². The van der Waals surface area contributed by atoms with Gasteiger partial charge in [0.05, 0.1) is 0 Å². The molecule has 0 radical (unpaired) electrons. The third kappa shape index (κ3) is 3.41. The van der Waals surface area contributed by atoms with Crippen LogP contribution in [0.5, 0.6) is 0 Å². The molecule has 1 heterocycles. The van der Waals surface area contributed by atoms with Crippen molar-refractivity contribution in [1.29, 1.82) is 0 Å². The Kier molecular flexibility index (Phi) is 4.29. The first-order valence-corrected chi connectivity index (χ1v) is 6.45. The standard InChI is InChI=1S/C16H18N2O/c1-13(2)15-8-6-14(7-9-15)12-18-10-4-3-5-16(18)11-17-19/h3-11,13H,12H2,1-2H3/p+1. The van der Waals surface area contributed by atoms with Gasteiger partial charge in [-0.25, -0.2) is 0 Å². The number of pyridine rings is 1. The molecule has 2 rings (SSSR count). The Morgan fingerprint density at radius 3 is 2.53 bits per heavy atom. The van der Waals surface area contributed by atoms with Gasteiger partial charge in [-0.05, 0) is 17.5 Å². The summed E-state index contributed by atoms with van der Waals surface area (Å²) in [4.78, 5) is 0. The van der Waals surface area contributed by atoms with Crippen LogP contribution in [0.4, 0.5) is 0 Å². The summed E-state index contributed by atoms with van der Waals surface area (Å²) in [6.45, 7) is 5.15. The van der Waals surface area contributed by atoms with E-state index in [1.807, 2.05) is 29.0 Å². The van der Waals surface area contributed by atoms with Gasteiger partial charge in [0.2, 0.25) is 5.69 Å². The molecular formula is C16H19N2O+. The average molecular weight is 255 g/mol. The summed E-state index contributed by atoms with van der Waals surface area (Å²) in [5.74, 6) is 0.551. The van der Waals surface area contributed by atoms with Crippen LogP contribution in [0.1, 0.15) is 36.6 Å². The van der Waals surface area contributed by atoms with Crippen molar-refractivity contribution >= 4 is 6.21 Å². The molecule has 0 fully saturated rings. The molecule has 0 atom stereocenters. The lowest BCUT2D eigenvalue weighted by atomic mass is 10.0. The molecule has 0 saturated carbocycles. The third-order valence-corrected chi connectivity index (χ3v) is 3.17. The lowest BCUT2D eigenvalue weighted by Crippen LogP contribution is -2.38. The topological polar surface area (TPSA) is 36.5 Å². The van der Waals surface area contributed by atoms with E-state index >= 15 is 0 Å². The lowest BCUT2D eigenvalue weighted by Gasteiger charge is -2.06. The number of aromatic nitrogens is 1. The van der Waals surface area contributed by atoms with E-state index in [0.29, 0.717) is 5.92 Å². The molecule has 1 N–H and O–H groups in total. The van der Waals surface area contributed by atoms with Gasteiger partial charge in [0, 0.05) is 17.7 Å². The molecule has 3 heteroatoms. The van der Waals surface area contributed by atoms with Crippen molar-refractivity contribution in [2.24, 2.45) is 5.16 Å². The number of benzene rings is 1. The van der Waals surface area contributed by atoms with E-state index in [4.69, 9.17) is 5.21 Å². The van der Waals surface area contributed by atoms with E-state index in [0.717, 1.165) is 12.2 Å². The molecule has 1 aromatic heterocycles. The van der Waals surface area contributed by atoms with E-state index in [1.54, 1.807) is 0 Å². The smallest absolute Gasteiger partial charge is 0.227 e. The summed E-state index contributed by atoms with van der Waals surface area (Å²) in [6.07, 6.45) is 3.43. The Bertz CT molecular complexity index is 559. The number of nitrogens with zero attached hydrogens (tertiary/aromatic N) is 2. The quantitative estimate of drug-likeness (QED) is 0.388. The van der Waals surface area contributed by atoms with Crippen LogP contribution in [-0.4, -0.2) is 11.4 Å². The molecular weight excluding hydrogens is 236 g/mol. The highest BCUT2D eigenvalue weighted by atomic mass is 16.4. The highest BCUT2D eigenvalue weighted by molar-refractivity contribution is 5.74. The van der Waals surface area contributed by atoms with Crippen molar-refractivity contribution in [3.63, 3.8) is 0 Å². The predicted octanol–water partition coefficient (Wildman–Crippen LogP) is 2.95. The van der Waals surface area contributed by atoms with Crippen LogP contribution in [0.2, 0.25) is 0 Å². The Labute approximate surface area is 113 Å². The van der Waals surface area contributed by atoms with E-state index in [-0.39, 0.29) is 0 Å². The molecule has 3 nitrogen and oxygen atoms in total. The molecule has 0 amide bonds. The van der Waals surface area contributed by atoms with Gasteiger partial charge in [-0.3, -0.25) is 0 Å². The van der Waals surface area contributed by atoms with Gasteiger partial charge in [-0.1, -0.05) is 43.3 Å². The Hall–Kier alpha value is -2.16. The first-order chi connectivity index (χ1) is 9.20. The lowest BCUT2D eigenvalue weighted by molar-refractivity contribution is -0.689. The van der Waals surface area contributed by atoms with E-state index < -0.39 is 0 Å². The number of rotatable bonds is 4. The minimum absolute atomic E-state index is 0.551. The molecule has 0 unspecified atom stereocenters. The van der Waals surface area contributed by atoms with Crippen LogP contribution < -0.4 is 4.57 Å². The van der Waals surface area contributed by atoms with Gasteiger partial charge in [0.1, 0.15) is 6.21 Å². The molecule has 0 bridgehead atoms. The zero-order chi connectivity index (χ0) is 13.7. The van der Waals surface area contributed by atoms with Crippen molar-refractivity contribution in [2.45, 2.75) is 26.3 Å². The summed E-state index contributed by atoms with van der Waals surface area (Å²) in [5.41, 5.74) is 3.45. The van der Waals surface area contributed by atoms with Crippen molar-refractivity contribution in [1.82, 2.24) is 0 Å². The van der Waals surface area contributed by atoms with Crippen molar-refractivity contribution in [3.05, 3.63) is 65.5 Å². The zero-order valence-electron chi connectivity index (χ0n) is 11.3. The summed E-state index contributed by atoms with van der Waals surface area (Å²) in [5, 5.41) is 11.8. The van der Waals surface area contributed by atoms with Crippen molar-refractivity contribution < 1.29 is 9.77 Å². The second-order valence-electron chi connectivity index (χ2n) is 4.89. The number of oxime groups is 1. The fourth-order valence-corrected chi connectivity index (χ4v) is 2.01. The van der Waals surface area contributed by atoms with Crippen LogP contribution in [0.15, 0.2) is 53.8 Å². The second-order valence-corrected chi connectivity index (χ2v) is 4.89. The van der Waals surface area contributed by atoms with Gasteiger partial charge < -0.3 is 5.21 Å². The SMILES string of the molecule is CC(C)c1ccc(C[n+]2ccccc2/C=N\O)cc1. The third-order valence-electron chi connectivity index (χ3n) is 3.17.